The van der Waals surface area contributed by atoms with Gasteiger partial charge in [-0.2, -0.15) is 0 Å². The van der Waals surface area contributed by atoms with Gasteiger partial charge >= 0.3 is 0 Å². The number of amides is 1. The summed E-state index contributed by atoms with van der Waals surface area (Å²) in [5.74, 6) is -0.855. The lowest BCUT2D eigenvalue weighted by atomic mass is 9.94. The Morgan fingerprint density at radius 1 is 0.941 bits per heavy atom. The second-order valence-corrected chi connectivity index (χ2v) is 9.53. The Hall–Kier alpha value is -3.86. The Kier molecular flexibility index (Phi) is 6.29. The fourth-order valence-electron chi connectivity index (χ4n) is 4.23. The molecule has 1 aliphatic rings. The van der Waals surface area contributed by atoms with E-state index >= 15 is 0 Å². The van der Waals surface area contributed by atoms with Crippen molar-refractivity contribution in [2.75, 3.05) is 0 Å². The lowest BCUT2D eigenvalue weighted by molar-refractivity contribution is -0.140. The molecule has 0 radical (unpaired) electrons. The summed E-state index contributed by atoms with van der Waals surface area (Å²) in [7, 11) is 0. The summed E-state index contributed by atoms with van der Waals surface area (Å²) in [5, 5.41) is 11.2. The number of Topliss-reactive ketones (excluding diaryl/α,β-unsaturated/α-hetero) is 1. The van der Waals surface area contributed by atoms with E-state index in [1.165, 1.54) is 4.90 Å². The molecule has 174 valence electrons. The van der Waals surface area contributed by atoms with Crippen molar-refractivity contribution in [1.29, 1.82) is 0 Å². The van der Waals surface area contributed by atoms with Crippen LogP contribution in [0.15, 0.2) is 84.4 Å². The average Bonchev–Trinajstić information content (AvgIpc) is 3.04. The highest BCUT2D eigenvalue weighted by Crippen LogP contribution is 2.41. The molecule has 0 spiro atoms. The zero-order valence-corrected chi connectivity index (χ0v) is 19.9. The van der Waals surface area contributed by atoms with Crippen molar-refractivity contribution >= 4 is 17.4 Å². The normalized spacial score (nSPS) is 17.8. The maximum absolute atomic E-state index is 13.3. The molecule has 0 aliphatic carbocycles. The van der Waals surface area contributed by atoms with E-state index in [0.29, 0.717) is 11.3 Å². The monoisotopic (exact) mass is 455 g/mol. The Bertz CT molecular complexity index is 1250. The molecule has 5 nitrogen and oxygen atoms in total. The maximum atomic E-state index is 13.3. The molecule has 1 N–H and O–H groups in total. The van der Waals surface area contributed by atoms with Crippen LogP contribution in [0, 0.1) is 6.92 Å². The van der Waals surface area contributed by atoms with E-state index in [0.717, 1.165) is 16.7 Å². The highest BCUT2D eigenvalue weighted by atomic mass is 16.5. The van der Waals surface area contributed by atoms with Gasteiger partial charge in [-0.1, -0.05) is 78.4 Å². The third-order valence-corrected chi connectivity index (χ3v) is 5.67. The number of para-hydroxylation sites is 1. The number of aryl methyl sites for hydroxylation is 1. The van der Waals surface area contributed by atoms with Crippen LogP contribution in [0.5, 0.6) is 5.75 Å². The molecular formula is C29H29NO4. The van der Waals surface area contributed by atoms with Gasteiger partial charge in [-0.25, -0.2) is 0 Å². The number of rotatable bonds is 5. The summed E-state index contributed by atoms with van der Waals surface area (Å²) < 4.78 is 6.12. The molecule has 1 fully saturated rings. The van der Waals surface area contributed by atoms with Gasteiger partial charge in [0.25, 0.3) is 11.7 Å². The van der Waals surface area contributed by atoms with Crippen molar-refractivity contribution in [3.8, 4) is 5.75 Å². The molecule has 3 aromatic rings. The highest BCUT2D eigenvalue weighted by Gasteiger charge is 2.46. The minimum atomic E-state index is -0.720. The molecule has 34 heavy (non-hydrogen) atoms. The first-order valence-corrected chi connectivity index (χ1v) is 11.3. The third-order valence-electron chi connectivity index (χ3n) is 5.67. The van der Waals surface area contributed by atoms with E-state index in [1.54, 1.807) is 24.3 Å². The first kappa shape index (κ1) is 23.3. The highest BCUT2D eigenvalue weighted by molar-refractivity contribution is 6.46. The number of hydrogen-bond donors (Lipinski definition) is 1. The van der Waals surface area contributed by atoms with Crippen molar-refractivity contribution in [1.82, 2.24) is 4.90 Å². The van der Waals surface area contributed by atoms with Crippen LogP contribution in [0.3, 0.4) is 0 Å². The van der Waals surface area contributed by atoms with Gasteiger partial charge in [0.1, 0.15) is 17.1 Å². The SMILES string of the molecule is Cc1cccc(C2/C(=C(\O)c3ccccc3)C(=O)C(=O)N2Cc2ccccc2OC(C)(C)C)c1. The van der Waals surface area contributed by atoms with Crippen LogP contribution in [-0.4, -0.2) is 27.3 Å². The summed E-state index contributed by atoms with van der Waals surface area (Å²) in [6.45, 7) is 8.01. The third kappa shape index (κ3) is 4.74. The molecule has 3 aromatic carbocycles. The molecule has 1 atom stereocenters. The molecule has 0 saturated carbocycles. The molecule has 1 unspecified atom stereocenters. The van der Waals surface area contributed by atoms with Gasteiger partial charge < -0.3 is 14.7 Å². The Morgan fingerprint density at radius 3 is 2.29 bits per heavy atom. The van der Waals surface area contributed by atoms with Crippen LogP contribution >= 0.6 is 0 Å². The first-order valence-electron chi connectivity index (χ1n) is 11.3. The smallest absolute Gasteiger partial charge is 0.295 e. The molecule has 1 saturated heterocycles. The Morgan fingerprint density at radius 2 is 1.62 bits per heavy atom. The second kappa shape index (κ2) is 9.18. The number of ketones is 1. The van der Waals surface area contributed by atoms with E-state index in [-0.39, 0.29) is 17.9 Å². The first-order chi connectivity index (χ1) is 16.2. The molecule has 0 aromatic heterocycles. The van der Waals surface area contributed by atoms with Crippen LogP contribution in [-0.2, 0) is 16.1 Å². The fourth-order valence-corrected chi connectivity index (χ4v) is 4.23. The fraction of sp³-hybridized carbons (Fsp3) is 0.241. The topological polar surface area (TPSA) is 66.8 Å². The van der Waals surface area contributed by atoms with Crippen LogP contribution in [0.25, 0.3) is 5.76 Å². The summed E-state index contributed by atoms with van der Waals surface area (Å²) in [4.78, 5) is 28.1. The van der Waals surface area contributed by atoms with Gasteiger partial charge in [0.05, 0.1) is 18.2 Å². The zero-order valence-electron chi connectivity index (χ0n) is 19.9. The number of likely N-dealkylation sites (tertiary alicyclic amines) is 1. The van der Waals surface area contributed by atoms with Gasteiger partial charge in [-0.3, -0.25) is 9.59 Å². The van der Waals surface area contributed by atoms with E-state index in [2.05, 4.69) is 0 Å². The summed E-state index contributed by atoms with van der Waals surface area (Å²) in [6.07, 6.45) is 0. The largest absolute Gasteiger partial charge is 0.507 e. The van der Waals surface area contributed by atoms with Gasteiger partial charge in [0.2, 0.25) is 0 Å². The number of carbonyl (C=O) groups is 2. The van der Waals surface area contributed by atoms with Crippen molar-refractivity contribution in [2.24, 2.45) is 0 Å². The van der Waals surface area contributed by atoms with Crippen LogP contribution in [0.2, 0.25) is 0 Å². The van der Waals surface area contributed by atoms with Crippen molar-refractivity contribution in [2.45, 2.75) is 45.9 Å². The number of ether oxygens (including phenoxy) is 1. The Labute approximate surface area is 200 Å². The second-order valence-electron chi connectivity index (χ2n) is 9.53. The minimum absolute atomic E-state index is 0.0935. The number of carbonyl (C=O) groups excluding carboxylic acids is 2. The van der Waals surface area contributed by atoms with Crippen molar-refractivity contribution in [3.63, 3.8) is 0 Å². The Balaban J connectivity index is 1.84. The van der Waals surface area contributed by atoms with Gasteiger partial charge in [-0.15, -0.1) is 0 Å². The number of aliphatic hydroxyl groups is 1. The van der Waals surface area contributed by atoms with E-state index in [4.69, 9.17) is 4.74 Å². The number of nitrogens with zero attached hydrogens (tertiary/aromatic N) is 1. The molecule has 1 aliphatic heterocycles. The average molecular weight is 456 g/mol. The van der Waals surface area contributed by atoms with Crippen LogP contribution < -0.4 is 4.74 Å². The lowest BCUT2D eigenvalue weighted by Crippen LogP contribution is -2.30. The minimum Gasteiger partial charge on any atom is -0.507 e. The molecule has 1 heterocycles. The quantitative estimate of drug-likeness (QED) is 0.300. The zero-order chi connectivity index (χ0) is 24.5. The van der Waals surface area contributed by atoms with Crippen molar-refractivity contribution in [3.05, 3.63) is 107 Å². The summed E-state index contributed by atoms with van der Waals surface area (Å²) in [6, 6.07) is 23.3. The summed E-state index contributed by atoms with van der Waals surface area (Å²) in [5.41, 5.74) is 2.72. The standard InChI is InChI=1S/C29H29NO4/c1-19-11-10-15-21(17-19)25-24(26(31)20-12-6-5-7-13-20)27(32)28(33)30(25)18-22-14-8-9-16-23(22)34-29(2,3)4/h5-17,25,31H,18H2,1-4H3/b26-24+. The molecular weight excluding hydrogens is 426 g/mol. The lowest BCUT2D eigenvalue weighted by Gasteiger charge is -2.28. The van der Waals surface area contributed by atoms with Crippen LogP contribution in [0.4, 0.5) is 0 Å². The molecule has 5 heteroatoms. The van der Waals surface area contributed by atoms with E-state index < -0.39 is 23.3 Å². The number of aliphatic hydroxyl groups excluding tert-OH is 1. The maximum Gasteiger partial charge on any atom is 0.295 e. The number of hydrogen-bond acceptors (Lipinski definition) is 4. The number of benzene rings is 3. The van der Waals surface area contributed by atoms with Gasteiger partial charge in [0.15, 0.2) is 0 Å². The predicted molar refractivity (Wildman–Crippen MR) is 132 cm³/mol. The van der Waals surface area contributed by atoms with Crippen molar-refractivity contribution < 1.29 is 19.4 Å². The van der Waals surface area contributed by atoms with E-state index in [1.807, 2.05) is 82.3 Å². The molecule has 1 amide bonds. The van der Waals surface area contributed by atoms with Gasteiger partial charge in [-0.05, 0) is 39.3 Å². The predicted octanol–water partition coefficient (Wildman–Crippen LogP) is 5.79. The van der Waals surface area contributed by atoms with E-state index in [9.17, 15) is 14.7 Å². The van der Waals surface area contributed by atoms with Gasteiger partial charge in [0, 0.05) is 11.1 Å². The molecule has 4 rings (SSSR count). The summed E-state index contributed by atoms with van der Waals surface area (Å²) >= 11 is 0. The molecule has 0 bridgehead atoms. The van der Waals surface area contributed by atoms with Crippen LogP contribution in [0.1, 0.15) is 49.1 Å².